The molecule has 1 N–H and O–H groups in total. The number of nitro groups is 1. The lowest BCUT2D eigenvalue weighted by Crippen LogP contribution is -2.25. The molecule has 0 aliphatic carbocycles. The Hall–Kier alpha value is -3.31. The first-order valence-corrected chi connectivity index (χ1v) is 12.7. The van der Waals surface area contributed by atoms with Gasteiger partial charge in [0.15, 0.2) is 0 Å². The fourth-order valence-corrected chi connectivity index (χ4v) is 5.40. The van der Waals surface area contributed by atoms with Gasteiger partial charge in [0.25, 0.3) is 5.69 Å². The van der Waals surface area contributed by atoms with Gasteiger partial charge in [-0.3, -0.25) is 25.0 Å². The van der Waals surface area contributed by atoms with Gasteiger partial charge < -0.3 is 4.90 Å². The Balaban J connectivity index is 1.29. The Morgan fingerprint density at radius 1 is 1.24 bits per heavy atom. The van der Waals surface area contributed by atoms with Crippen LogP contribution in [0.1, 0.15) is 35.4 Å². The van der Waals surface area contributed by atoms with Crippen LogP contribution in [0.15, 0.2) is 48.5 Å². The van der Waals surface area contributed by atoms with Crippen LogP contribution in [0.25, 0.3) is 0 Å². The van der Waals surface area contributed by atoms with Gasteiger partial charge in [0.1, 0.15) is 5.01 Å². The monoisotopic (exact) mass is 497 g/mol. The number of thioether (sulfide) groups is 1. The summed E-state index contributed by atoms with van der Waals surface area (Å²) in [5, 5.41) is 22.9. The molecule has 1 unspecified atom stereocenters. The summed E-state index contributed by atoms with van der Waals surface area (Å²) in [6.07, 6.45) is 1.22. The van der Waals surface area contributed by atoms with E-state index in [9.17, 15) is 19.7 Å². The second kappa shape index (κ2) is 10.7. The van der Waals surface area contributed by atoms with E-state index < -0.39 is 4.92 Å². The number of carbonyl (C=O) groups excluding carboxylic acids is 2. The first-order valence-electron chi connectivity index (χ1n) is 10.8. The van der Waals surface area contributed by atoms with Gasteiger partial charge in [0, 0.05) is 42.5 Å². The fourth-order valence-electron chi connectivity index (χ4n) is 3.76. The van der Waals surface area contributed by atoms with Crippen molar-refractivity contribution in [1.29, 1.82) is 0 Å². The summed E-state index contributed by atoms with van der Waals surface area (Å²) in [5.74, 6) is 0.587. The lowest BCUT2D eigenvalue weighted by atomic mass is 10.1. The van der Waals surface area contributed by atoms with E-state index in [1.165, 1.54) is 35.2 Å². The van der Waals surface area contributed by atoms with Crippen molar-refractivity contribution in [3.05, 3.63) is 74.8 Å². The number of non-ortho nitro benzene ring substituents is 1. The quantitative estimate of drug-likeness (QED) is 0.344. The average molecular weight is 498 g/mol. The third kappa shape index (κ3) is 5.60. The van der Waals surface area contributed by atoms with E-state index in [2.05, 4.69) is 22.4 Å². The highest BCUT2D eigenvalue weighted by Crippen LogP contribution is 2.35. The zero-order chi connectivity index (χ0) is 24.1. The third-order valence-electron chi connectivity index (χ3n) is 5.47. The summed E-state index contributed by atoms with van der Waals surface area (Å²) in [5.41, 5.74) is 3.02. The summed E-state index contributed by atoms with van der Waals surface area (Å²) in [4.78, 5) is 37.1. The van der Waals surface area contributed by atoms with Gasteiger partial charge in [-0.05, 0) is 23.6 Å². The molecule has 2 heterocycles. The van der Waals surface area contributed by atoms with Gasteiger partial charge in [-0.25, -0.2) is 0 Å². The normalized spacial score (nSPS) is 15.5. The van der Waals surface area contributed by atoms with E-state index >= 15 is 0 Å². The number of hydrogen-bond donors (Lipinski definition) is 1. The number of amides is 2. The first kappa shape index (κ1) is 23.8. The minimum Gasteiger partial charge on any atom is -0.311 e. The Morgan fingerprint density at radius 2 is 2.00 bits per heavy atom. The molecule has 1 saturated heterocycles. The number of nitro benzene ring substituents is 1. The van der Waals surface area contributed by atoms with Gasteiger partial charge in [-0.1, -0.05) is 48.6 Å². The molecule has 0 radical (unpaired) electrons. The molecular weight excluding hydrogens is 474 g/mol. The molecule has 2 amide bonds. The summed E-state index contributed by atoms with van der Waals surface area (Å²) < 4.78 is 0. The van der Waals surface area contributed by atoms with Crippen molar-refractivity contribution in [1.82, 2.24) is 10.2 Å². The summed E-state index contributed by atoms with van der Waals surface area (Å²) >= 11 is 2.70. The lowest BCUT2D eigenvalue weighted by molar-refractivity contribution is -0.384. The van der Waals surface area contributed by atoms with Gasteiger partial charge >= 0.3 is 0 Å². The Labute approximate surface area is 204 Å². The van der Waals surface area contributed by atoms with E-state index in [0.29, 0.717) is 23.8 Å². The molecule has 9 nitrogen and oxygen atoms in total. The smallest absolute Gasteiger partial charge is 0.269 e. The van der Waals surface area contributed by atoms with Crippen LogP contribution in [0.3, 0.4) is 0 Å². The zero-order valence-electron chi connectivity index (χ0n) is 18.5. The van der Waals surface area contributed by atoms with E-state index in [1.807, 2.05) is 29.2 Å². The van der Waals surface area contributed by atoms with Gasteiger partial charge in [0.2, 0.25) is 16.9 Å². The van der Waals surface area contributed by atoms with Crippen molar-refractivity contribution in [3.8, 4) is 0 Å². The third-order valence-corrected chi connectivity index (χ3v) is 7.48. The Bertz CT molecular complexity index is 1200. The summed E-state index contributed by atoms with van der Waals surface area (Å²) in [6, 6.07) is 14.2. The highest BCUT2D eigenvalue weighted by atomic mass is 32.2. The van der Waals surface area contributed by atoms with Gasteiger partial charge in [-0.2, -0.15) is 0 Å². The number of rotatable bonds is 9. The van der Waals surface area contributed by atoms with E-state index in [-0.39, 0.29) is 29.2 Å². The molecule has 1 aliphatic rings. The SMILES string of the molecule is CCc1ccccc1N1CC(c2nnc(NC(=O)CSCc3ccc([N+](=O)[O-])cc3)s2)CC1=O. The maximum atomic E-state index is 12.7. The van der Waals surface area contributed by atoms with Gasteiger partial charge in [0.05, 0.1) is 10.7 Å². The maximum Gasteiger partial charge on any atom is 0.269 e. The van der Waals surface area contributed by atoms with Crippen molar-refractivity contribution < 1.29 is 14.5 Å². The number of benzene rings is 2. The number of hydrogen-bond acceptors (Lipinski definition) is 8. The lowest BCUT2D eigenvalue weighted by Gasteiger charge is -2.19. The topological polar surface area (TPSA) is 118 Å². The predicted octanol–water partition coefficient (Wildman–Crippen LogP) is 4.40. The maximum absolute atomic E-state index is 12.7. The molecule has 1 aliphatic heterocycles. The number of para-hydroxylation sites is 1. The minimum atomic E-state index is -0.441. The molecule has 4 rings (SSSR count). The number of aromatic nitrogens is 2. The van der Waals surface area contributed by atoms with Crippen LogP contribution in [0, 0.1) is 10.1 Å². The molecule has 1 atom stereocenters. The average Bonchev–Trinajstić information content (AvgIpc) is 3.45. The van der Waals surface area contributed by atoms with E-state index in [4.69, 9.17) is 0 Å². The number of nitrogens with zero attached hydrogens (tertiary/aromatic N) is 4. The van der Waals surface area contributed by atoms with Crippen molar-refractivity contribution in [2.75, 3.05) is 22.5 Å². The molecule has 1 aromatic heterocycles. The van der Waals surface area contributed by atoms with Crippen LogP contribution in [-0.2, 0) is 21.8 Å². The molecule has 0 saturated carbocycles. The summed E-state index contributed by atoms with van der Waals surface area (Å²) in [6.45, 7) is 2.62. The minimum absolute atomic E-state index is 0.0419. The van der Waals surface area contributed by atoms with Crippen LogP contribution in [-0.4, -0.2) is 39.2 Å². The second-order valence-electron chi connectivity index (χ2n) is 7.80. The van der Waals surface area contributed by atoms with Crippen molar-refractivity contribution in [2.45, 2.75) is 31.4 Å². The van der Waals surface area contributed by atoms with Crippen LogP contribution in [0.4, 0.5) is 16.5 Å². The van der Waals surface area contributed by atoms with Crippen LogP contribution >= 0.6 is 23.1 Å². The second-order valence-corrected chi connectivity index (χ2v) is 9.79. The standard InChI is InChI=1S/C23H23N5O4S2/c1-2-16-5-3-4-6-19(16)27-12-17(11-21(27)30)22-25-26-23(34-22)24-20(29)14-33-13-15-7-9-18(10-8-15)28(31)32/h3-10,17H,2,11-14H2,1H3,(H,24,26,29). The highest BCUT2D eigenvalue weighted by molar-refractivity contribution is 7.99. The number of carbonyl (C=O) groups is 2. The highest BCUT2D eigenvalue weighted by Gasteiger charge is 2.34. The van der Waals surface area contributed by atoms with Crippen molar-refractivity contribution in [2.24, 2.45) is 0 Å². The predicted molar refractivity (Wildman–Crippen MR) is 133 cm³/mol. The molecule has 3 aromatic rings. The fraction of sp³-hybridized carbons (Fsp3) is 0.304. The van der Waals surface area contributed by atoms with Gasteiger partial charge in [-0.15, -0.1) is 22.0 Å². The largest absolute Gasteiger partial charge is 0.311 e. The van der Waals surface area contributed by atoms with Crippen LogP contribution in [0.5, 0.6) is 0 Å². The van der Waals surface area contributed by atoms with Crippen molar-refractivity contribution in [3.63, 3.8) is 0 Å². The number of anilines is 2. The molecule has 1 fully saturated rings. The number of nitrogens with one attached hydrogen (secondary N) is 1. The molecule has 2 aromatic carbocycles. The Kier molecular flexibility index (Phi) is 7.53. The van der Waals surface area contributed by atoms with Crippen LogP contribution < -0.4 is 10.2 Å². The van der Waals surface area contributed by atoms with Crippen molar-refractivity contribution >= 4 is 51.4 Å². The van der Waals surface area contributed by atoms with E-state index in [1.54, 1.807) is 12.1 Å². The zero-order valence-corrected chi connectivity index (χ0v) is 20.1. The molecular formula is C23H23N5O4S2. The molecule has 34 heavy (non-hydrogen) atoms. The van der Waals surface area contributed by atoms with Crippen LogP contribution in [0.2, 0.25) is 0 Å². The molecule has 0 bridgehead atoms. The summed E-state index contributed by atoms with van der Waals surface area (Å²) in [7, 11) is 0. The molecule has 11 heteroatoms. The molecule has 176 valence electrons. The van der Waals surface area contributed by atoms with E-state index in [0.717, 1.165) is 28.2 Å². The Morgan fingerprint density at radius 3 is 2.74 bits per heavy atom. The first-order chi connectivity index (χ1) is 16.4. The molecule has 0 spiro atoms. The number of aryl methyl sites for hydroxylation is 1.